The number of hydrogen-bond donors (Lipinski definition) is 1. The highest BCUT2D eigenvalue weighted by Gasteiger charge is 2.54. The molecule has 13 heavy (non-hydrogen) atoms. The Morgan fingerprint density at radius 1 is 1.38 bits per heavy atom. The van der Waals surface area contributed by atoms with Crippen molar-refractivity contribution >= 4 is 11.6 Å². The van der Waals surface area contributed by atoms with Crippen LogP contribution in [0.2, 0.25) is 0 Å². The fourth-order valence-electron chi connectivity index (χ4n) is 2.73. The molecule has 2 rings (SSSR count). The molecular weight excluding hydrogens is 168 g/mol. The van der Waals surface area contributed by atoms with Crippen LogP contribution in [0.15, 0.2) is 0 Å². The molecule has 0 radical (unpaired) electrons. The Hall–Kier alpha value is -0.700. The summed E-state index contributed by atoms with van der Waals surface area (Å²) in [7, 11) is 0. The van der Waals surface area contributed by atoms with Crippen molar-refractivity contribution in [3.63, 3.8) is 0 Å². The lowest BCUT2D eigenvalue weighted by Gasteiger charge is -2.36. The summed E-state index contributed by atoms with van der Waals surface area (Å²) in [6.07, 6.45) is 1.40. The molecule has 3 nitrogen and oxygen atoms in total. The van der Waals surface area contributed by atoms with Gasteiger partial charge in [-0.15, -0.1) is 0 Å². The molecule has 0 saturated heterocycles. The third-order valence-corrected chi connectivity index (χ3v) is 3.61. The molecule has 2 aliphatic rings. The topological polar surface area (TPSA) is 54.4 Å². The van der Waals surface area contributed by atoms with Gasteiger partial charge in [0.15, 0.2) is 0 Å². The first-order valence-corrected chi connectivity index (χ1v) is 4.80. The Morgan fingerprint density at radius 2 is 2.08 bits per heavy atom. The number of aliphatic hydroxyl groups excluding tert-OH is 1. The number of carbonyl (C=O) groups is 2. The van der Waals surface area contributed by atoms with Crippen LogP contribution < -0.4 is 0 Å². The molecule has 0 aromatic heterocycles. The van der Waals surface area contributed by atoms with Crippen LogP contribution in [-0.2, 0) is 9.59 Å². The highest BCUT2D eigenvalue weighted by molar-refractivity contribution is 5.97. The number of rotatable bonds is 0. The van der Waals surface area contributed by atoms with Crippen molar-refractivity contribution in [2.45, 2.75) is 38.7 Å². The SMILES string of the molecule is CC12CCC(=O)C1C(O)CCC2=O. The van der Waals surface area contributed by atoms with E-state index in [9.17, 15) is 14.7 Å². The molecule has 1 N–H and O–H groups in total. The summed E-state index contributed by atoms with van der Waals surface area (Å²) in [5.74, 6) is -0.176. The first kappa shape index (κ1) is 8.88. The number of fused-ring (bicyclic) bond motifs is 1. The maximum atomic E-state index is 11.6. The lowest BCUT2D eigenvalue weighted by atomic mass is 9.67. The predicted molar refractivity (Wildman–Crippen MR) is 46.1 cm³/mol. The maximum absolute atomic E-state index is 11.6. The van der Waals surface area contributed by atoms with Gasteiger partial charge in [-0.05, 0) is 12.8 Å². The van der Waals surface area contributed by atoms with Gasteiger partial charge in [0.2, 0.25) is 0 Å². The van der Waals surface area contributed by atoms with Crippen LogP contribution in [0.4, 0.5) is 0 Å². The van der Waals surface area contributed by atoms with Crippen molar-refractivity contribution in [1.29, 1.82) is 0 Å². The van der Waals surface area contributed by atoms with Gasteiger partial charge in [0.1, 0.15) is 11.6 Å². The van der Waals surface area contributed by atoms with E-state index in [0.717, 1.165) is 0 Å². The number of carbonyl (C=O) groups excluding carboxylic acids is 2. The van der Waals surface area contributed by atoms with Crippen LogP contribution in [0.25, 0.3) is 0 Å². The maximum Gasteiger partial charge on any atom is 0.139 e. The zero-order valence-corrected chi connectivity index (χ0v) is 7.75. The van der Waals surface area contributed by atoms with Crippen LogP contribution in [0, 0.1) is 11.3 Å². The van der Waals surface area contributed by atoms with E-state index in [1.54, 1.807) is 0 Å². The highest BCUT2D eigenvalue weighted by Crippen LogP contribution is 2.47. The van der Waals surface area contributed by atoms with Gasteiger partial charge in [0, 0.05) is 18.3 Å². The Morgan fingerprint density at radius 3 is 2.69 bits per heavy atom. The summed E-state index contributed by atoms with van der Waals surface area (Å²) in [5.41, 5.74) is -0.547. The van der Waals surface area contributed by atoms with Crippen LogP contribution in [-0.4, -0.2) is 22.8 Å². The monoisotopic (exact) mass is 182 g/mol. The molecule has 0 amide bonds. The van der Waals surface area contributed by atoms with Crippen LogP contribution >= 0.6 is 0 Å². The minimum absolute atomic E-state index is 0.0723. The molecular formula is C10H14O3. The molecule has 2 fully saturated rings. The predicted octanol–water partition coefficient (Wildman–Crippen LogP) is 0.696. The molecule has 3 unspecified atom stereocenters. The Labute approximate surface area is 77.1 Å². The van der Waals surface area contributed by atoms with Gasteiger partial charge < -0.3 is 5.11 Å². The van der Waals surface area contributed by atoms with Gasteiger partial charge in [-0.3, -0.25) is 9.59 Å². The minimum atomic E-state index is -0.585. The average Bonchev–Trinajstić information content (AvgIpc) is 2.38. The highest BCUT2D eigenvalue weighted by atomic mass is 16.3. The van der Waals surface area contributed by atoms with Crippen molar-refractivity contribution in [2.24, 2.45) is 11.3 Å². The van der Waals surface area contributed by atoms with Crippen LogP contribution in [0.5, 0.6) is 0 Å². The van der Waals surface area contributed by atoms with Crippen molar-refractivity contribution in [1.82, 2.24) is 0 Å². The number of aliphatic hydroxyl groups is 1. The minimum Gasteiger partial charge on any atom is -0.392 e. The summed E-state index contributed by atoms with van der Waals surface area (Å²) in [6, 6.07) is 0. The van der Waals surface area contributed by atoms with Crippen molar-refractivity contribution in [3.05, 3.63) is 0 Å². The molecule has 0 aromatic carbocycles. The van der Waals surface area contributed by atoms with Gasteiger partial charge in [-0.25, -0.2) is 0 Å². The molecule has 2 saturated carbocycles. The standard InChI is InChI=1S/C10H14O3/c1-10-5-4-7(12)9(10)6(11)2-3-8(10)13/h6,9,11H,2-5H2,1H3. The van der Waals surface area contributed by atoms with Gasteiger partial charge in [-0.1, -0.05) is 6.92 Å². The van der Waals surface area contributed by atoms with E-state index in [1.807, 2.05) is 6.92 Å². The number of ketones is 2. The van der Waals surface area contributed by atoms with E-state index in [0.29, 0.717) is 25.7 Å². The Kier molecular flexibility index (Phi) is 1.80. The lowest BCUT2D eigenvalue weighted by molar-refractivity contribution is -0.144. The summed E-state index contributed by atoms with van der Waals surface area (Å²) >= 11 is 0. The Balaban J connectivity index is 2.37. The summed E-state index contributed by atoms with van der Waals surface area (Å²) < 4.78 is 0. The third kappa shape index (κ3) is 1.06. The molecule has 3 atom stereocenters. The summed E-state index contributed by atoms with van der Waals surface area (Å²) in [4.78, 5) is 23.1. The van der Waals surface area contributed by atoms with E-state index in [1.165, 1.54) is 0 Å². The fourth-order valence-corrected chi connectivity index (χ4v) is 2.73. The van der Waals surface area contributed by atoms with Gasteiger partial charge in [0.05, 0.1) is 12.0 Å². The molecule has 0 spiro atoms. The van der Waals surface area contributed by atoms with Crippen molar-refractivity contribution in [3.8, 4) is 0 Å². The second-order valence-electron chi connectivity index (χ2n) is 4.39. The fraction of sp³-hybridized carbons (Fsp3) is 0.800. The van der Waals surface area contributed by atoms with E-state index in [4.69, 9.17) is 0 Å². The normalized spacial score (nSPS) is 45.1. The Bertz CT molecular complexity index is 271. The molecule has 0 heterocycles. The van der Waals surface area contributed by atoms with Crippen molar-refractivity contribution < 1.29 is 14.7 Å². The van der Waals surface area contributed by atoms with Crippen LogP contribution in [0.1, 0.15) is 32.6 Å². The lowest BCUT2D eigenvalue weighted by Crippen LogP contribution is -2.45. The van der Waals surface area contributed by atoms with E-state index >= 15 is 0 Å². The first-order chi connectivity index (χ1) is 6.05. The van der Waals surface area contributed by atoms with E-state index in [-0.39, 0.29) is 11.6 Å². The van der Waals surface area contributed by atoms with Crippen LogP contribution in [0.3, 0.4) is 0 Å². The second-order valence-corrected chi connectivity index (χ2v) is 4.39. The van der Waals surface area contributed by atoms with Gasteiger partial charge in [-0.2, -0.15) is 0 Å². The molecule has 3 heteroatoms. The van der Waals surface area contributed by atoms with Gasteiger partial charge in [0.25, 0.3) is 0 Å². The summed E-state index contributed by atoms with van der Waals surface area (Å²) in [6.45, 7) is 1.83. The van der Waals surface area contributed by atoms with Gasteiger partial charge >= 0.3 is 0 Å². The number of hydrogen-bond acceptors (Lipinski definition) is 3. The van der Waals surface area contributed by atoms with Crippen molar-refractivity contribution in [2.75, 3.05) is 0 Å². The zero-order valence-electron chi connectivity index (χ0n) is 7.75. The molecule has 2 aliphatic carbocycles. The number of Topliss-reactive ketones (excluding diaryl/α,β-unsaturated/α-hetero) is 2. The zero-order chi connectivity index (χ0) is 9.64. The molecule has 0 bridgehead atoms. The first-order valence-electron chi connectivity index (χ1n) is 4.80. The van der Waals surface area contributed by atoms with E-state index in [2.05, 4.69) is 0 Å². The summed E-state index contributed by atoms with van der Waals surface area (Å²) in [5, 5.41) is 9.66. The largest absolute Gasteiger partial charge is 0.392 e. The molecule has 0 aromatic rings. The second kappa shape index (κ2) is 2.64. The third-order valence-electron chi connectivity index (χ3n) is 3.61. The molecule has 72 valence electrons. The average molecular weight is 182 g/mol. The molecule has 0 aliphatic heterocycles. The smallest absolute Gasteiger partial charge is 0.139 e. The van der Waals surface area contributed by atoms with E-state index < -0.39 is 17.4 Å². The quantitative estimate of drug-likeness (QED) is 0.599.